The highest BCUT2D eigenvalue weighted by molar-refractivity contribution is 7.09. The van der Waals surface area contributed by atoms with E-state index in [-0.39, 0.29) is 6.04 Å². The van der Waals surface area contributed by atoms with Gasteiger partial charge in [-0.25, -0.2) is 4.98 Å². The van der Waals surface area contributed by atoms with E-state index in [2.05, 4.69) is 22.2 Å². The molecule has 3 N–H and O–H groups in total. The number of nitrogens with two attached hydrogens (primary N) is 1. The molecule has 1 atom stereocenters. The summed E-state index contributed by atoms with van der Waals surface area (Å²) in [5.74, 6) is 0. The van der Waals surface area contributed by atoms with Crippen LogP contribution in [0.2, 0.25) is 0 Å². The van der Waals surface area contributed by atoms with Crippen molar-refractivity contribution in [1.29, 1.82) is 0 Å². The Labute approximate surface area is 98.6 Å². The Morgan fingerprint density at radius 3 is 2.94 bits per heavy atom. The smallest absolute Gasteiger partial charge is 0.109 e. The number of nitrogen functional groups attached to an aromatic ring is 1. The summed E-state index contributed by atoms with van der Waals surface area (Å²) in [5.41, 5.74) is 7.24. The summed E-state index contributed by atoms with van der Waals surface area (Å²) in [7, 11) is 0. The molecular weight excluding hydrogens is 220 g/mol. The minimum absolute atomic E-state index is 0.249. The van der Waals surface area contributed by atoms with E-state index in [0.717, 1.165) is 17.2 Å². The molecular formula is C11H14N4S. The third-order valence-electron chi connectivity index (χ3n) is 2.26. The van der Waals surface area contributed by atoms with E-state index in [9.17, 15) is 0 Å². The molecule has 2 heterocycles. The molecule has 4 nitrogen and oxygen atoms in total. The predicted molar refractivity (Wildman–Crippen MR) is 66.0 cm³/mol. The van der Waals surface area contributed by atoms with Crippen LogP contribution in [0.4, 0.5) is 5.69 Å². The highest BCUT2D eigenvalue weighted by Gasteiger charge is 2.06. The van der Waals surface area contributed by atoms with Gasteiger partial charge in [0.05, 0.1) is 23.6 Å². The van der Waals surface area contributed by atoms with Crippen molar-refractivity contribution in [1.82, 2.24) is 15.3 Å². The number of anilines is 1. The summed E-state index contributed by atoms with van der Waals surface area (Å²) in [5, 5.41) is 6.44. The van der Waals surface area contributed by atoms with Gasteiger partial charge in [0.15, 0.2) is 0 Å². The van der Waals surface area contributed by atoms with Crippen LogP contribution >= 0.6 is 11.3 Å². The quantitative estimate of drug-likeness (QED) is 0.849. The lowest BCUT2D eigenvalue weighted by Crippen LogP contribution is -2.18. The van der Waals surface area contributed by atoms with Gasteiger partial charge in [-0.15, -0.1) is 11.3 Å². The zero-order valence-electron chi connectivity index (χ0n) is 9.05. The van der Waals surface area contributed by atoms with Crippen molar-refractivity contribution in [3.05, 3.63) is 40.6 Å². The van der Waals surface area contributed by atoms with Crippen molar-refractivity contribution in [2.45, 2.75) is 19.5 Å². The first-order valence-corrected chi connectivity index (χ1v) is 5.97. The maximum atomic E-state index is 5.57. The number of nitrogens with one attached hydrogen (secondary N) is 1. The largest absolute Gasteiger partial charge is 0.397 e. The van der Waals surface area contributed by atoms with Gasteiger partial charge in [-0.2, -0.15) is 0 Å². The van der Waals surface area contributed by atoms with Crippen LogP contribution in [0.15, 0.2) is 29.9 Å². The van der Waals surface area contributed by atoms with E-state index >= 15 is 0 Å². The molecule has 2 aromatic heterocycles. The van der Waals surface area contributed by atoms with Gasteiger partial charge in [0.2, 0.25) is 0 Å². The Balaban J connectivity index is 1.90. The summed E-state index contributed by atoms with van der Waals surface area (Å²) in [6, 6.07) is 4.04. The molecule has 0 aliphatic carbocycles. The van der Waals surface area contributed by atoms with E-state index in [0.29, 0.717) is 5.69 Å². The molecule has 2 aromatic rings. The Morgan fingerprint density at radius 2 is 2.31 bits per heavy atom. The zero-order chi connectivity index (χ0) is 11.4. The SMILES string of the molecule is CC(NCc1ccc(N)cn1)c1nccs1. The van der Waals surface area contributed by atoms with Crippen molar-refractivity contribution >= 4 is 17.0 Å². The van der Waals surface area contributed by atoms with Crippen LogP contribution in [0.25, 0.3) is 0 Å². The average Bonchev–Trinajstić information content (AvgIpc) is 2.81. The highest BCUT2D eigenvalue weighted by atomic mass is 32.1. The Bertz CT molecular complexity index is 424. The Morgan fingerprint density at radius 1 is 1.44 bits per heavy atom. The van der Waals surface area contributed by atoms with Crippen LogP contribution in [0.1, 0.15) is 23.7 Å². The second-order valence-corrected chi connectivity index (χ2v) is 4.48. The number of hydrogen-bond donors (Lipinski definition) is 2. The lowest BCUT2D eigenvalue weighted by atomic mass is 10.3. The molecule has 0 fully saturated rings. The molecule has 2 rings (SSSR count). The number of hydrogen-bond acceptors (Lipinski definition) is 5. The van der Waals surface area contributed by atoms with E-state index in [4.69, 9.17) is 5.73 Å². The second-order valence-electron chi connectivity index (χ2n) is 3.56. The molecule has 0 spiro atoms. The number of pyridine rings is 1. The van der Waals surface area contributed by atoms with Gasteiger partial charge in [0.1, 0.15) is 5.01 Å². The van der Waals surface area contributed by atoms with E-state index in [1.54, 1.807) is 17.5 Å². The third kappa shape index (κ3) is 2.77. The molecule has 0 aliphatic rings. The van der Waals surface area contributed by atoms with Crippen LogP contribution in [0, 0.1) is 0 Å². The lowest BCUT2D eigenvalue weighted by molar-refractivity contribution is 0.565. The fourth-order valence-corrected chi connectivity index (χ4v) is 2.00. The Kier molecular flexibility index (Phi) is 3.48. The van der Waals surface area contributed by atoms with Crippen LogP contribution < -0.4 is 11.1 Å². The molecule has 0 amide bonds. The number of thiazole rings is 1. The van der Waals surface area contributed by atoms with E-state index in [1.165, 1.54) is 0 Å². The van der Waals surface area contributed by atoms with Crippen molar-refractivity contribution < 1.29 is 0 Å². The van der Waals surface area contributed by atoms with Crippen LogP contribution in [0.5, 0.6) is 0 Å². The summed E-state index contributed by atoms with van der Waals surface area (Å²) >= 11 is 1.65. The molecule has 0 saturated heterocycles. The molecule has 0 saturated carbocycles. The van der Waals surface area contributed by atoms with Crippen LogP contribution in [0.3, 0.4) is 0 Å². The van der Waals surface area contributed by atoms with Crippen LogP contribution in [-0.2, 0) is 6.54 Å². The first kappa shape index (κ1) is 11.0. The molecule has 0 bridgehead atoms. The van der Waals surface area contributed by atoms with Crippen molar-refractivity contribution in [2.75, 3.05) is 5.73 Å². The third-order valence-corrected chi connectivity index (χ3v) is 3.22. The maximum absolute atomic E-state index is 5.57. The Hall–Kier alpha value is -1.46. The standard InChI is InChI=1S/C11H14N4S/c1-8(11-13-4-5-16-11)14-7-10-3-2-9(12)6-15-10/h2-6,8,14H,7,12H2,1H3. The minimum atomic E-state index is 0.249. The first-order valence-electron chi connectivity index (χ1n) is 5.09. The average molecular weight is 234 g/mol. The molecule has 1 unspecified atom stereocenters. The first-order chi connectivity index (χ1) is 7.75. The minimum Gasteiger partial charge on any atom is -0.397 e. The predicted octanol–water partition coefficient (Wildman–Crippen LogP) is 1.97. The summed E-state index contributed by atoms with van der Waals surface area (Å²) in [6.07, 6.45) is 3.49. The maximum Gasteiger partial charge on any atom is 0.109 e. The normalized spacial score (nSPS) is 12.6. The molecule has 5 heteroatoms. The molecule has 0 aliphatic heterocycles. The van der Waals surface area contributed by atoms with Gasteiger partial charge in [0, 0.05) is 18.1 Å². The van der Waals surface area contributed by atoms with Crippen molar-refractivity contribution in [3.8, 4) is 0 Å². The van der Waals surface area contributed by atoms with Crippen LogP contribution in [-0.4, -0.2) is 9.97 Å². The summed E-state index contributed by atoms with van der Waals surface area (Å²) in [4.78, 5) is 8.49. The lowest BCUT2D eigenvalue weighted by Gasteiger charge is -2.10. The highest BCUT2D eigenvalue weighted by Crippen LogP contribution is 2.15. The van der Waals surface area contributed by atoms with Crippen molar-refractivity contribution in [2.24, 2.45) is 0 Å². The molecule has 0 radical (unpaired) electrons. The number of nitrogens with zero attached hydrogens (tertiary/aromatic N) is 2. The van der Waals surface area contributed by atoms with E-state index < -0.39 is 0 Å². The monoisotopic (exact) mass is 234 g/mol. The van der Waals surface area contributed by atoms with Gasteiger partial charge in [-0.1, -0.05) is 0 Å². The summed E-state index contributed by atoms with van der Waals surface area (Å²) < 4.78 is 0. The molecule has 0 aromatic carbocycles. The van der Waals surface area contributed by atoms with Crippen molar-refractivity contribution in [3.63, 3.8) is 0 Å². The topological polar surface area (TPSA) is 63.8 Å². The van der Waals surface area contributed by atoms with Gasteiger partial charge in [-0.3, -0.25) is 4.98 Å². The number of aromatic nitrogens is 2. The molecule has 84 valence electrons. The van der Waals surface area contributed by atoms with E-state index in [1.807, 2.05) is 23.7 Å². The van der Waals surface area contributed by atoms with Gasteiger partial charge in [0.25, 0.3) is 0 Å². The van der Waals surface area contributed by atoms with Gasteiger partial charge < -0.3 is 11.1 Å². The molecule has 16 heavy (non-hydrogen) atoms. The van der Waals surface area contributed by atoms with Gasteiger partial charge >= 0.3 is 0 Å². The van der Waals surface area contributed by atoms with Gasteiger partial charge in [-0.05, 0) is 19.1 Å². The second kappa shape index (κ2) is 5.05. The summed E-state index contributed by atoms with van der Waals surface area (Å²) in [6.45, 7) is 2.82. The zero-order valence-corrected chi connectivity index (χ0v) is 9.87. The fraction of sp³-hybridized carbons (Fsp3) is 0.273. The number of rotatable bonds is 4. The fourth-order valence-electron chi connectivity index (χ4n) is 1.33.